The van der Waals surface area contributed by atoms with E-state index in [4.69, 9.17) is 4.74 Å². The number of ether oxygens (including phenoxy) is 1. The van der Waals surface area contributed by atoms with Gasteiger partial charge in [0.05, 0.1) is 17.8 Å². The molecule has 0 N–H and O–H groups in total. The predicted molar refractivity (Wildman–Crippen MR) is 145 cm³/mol. The van der Waals surface area contributed by atoms with Crippen LogP contribution >= 0.6 is 0 Å². The van der Waals surface area contributed by atoms with Crippen molar-refractivity contribution in [1.82, 2.24) is 4.57 Å². The number of esters is 1. The van der Waals surface area contributed by atoms with Gasteiger partial charge >= 0.3 is 5.97 Å². The lowest BCUT2D eigenvalue weighted by Gasteiger charge is -2.19. The second-order valence-corrected chi connectivity index (χ2v) is 9.60. The van der Waals surface area contributed by atoms with Crippen molar-refractivity contribution >= 4 is 23.6 Å². The van der Waals surface area contributed by atoms with Crippen molar-refractivity contribution < 1.29 is 14.3 Å². The van der Waals surface area contributed by atoms with Crippen LogP contribution in [-0.4, -0.2) is 23.1 Å². The van der Waals surface area contributed by atoms with E-state index in [1.807, 2.05) is 45.0 Å². The van der Waals surface area contributed by atoms with Crippen molar-refractivity contribution in [3.63, 3.8) is 0 Å². The van der Waals surface area contributed by atoms with E-state index in [0.29, 0.717) is 16.8 Å². The highest BCUT2D eigenvalue weighted by Gasteiger charge is 2.38. The number of allylic oxidation sites excluding steroid dienone is 1. The zero-order valence-corrected chi connectivity index (χ0v) is 22.4. The molecular weight excluding hydrogens is 448 g/mol. The molecular formula is C31H34N2O3. The Hall–Kier alpha value is -3.86. The summed E-state index contributed by atoms with van der Waals surface area (Å²) < 4.78 is 7.58. The molecule has 0 fully saturated rings. The first-order chi connectivity index (χ1) is 17.0. The second-order valence-electron chi connectivity index (χ2n) is 9.60. The number of rotatable bonds is 5. The minimum atomic E-state index is -0.482. The van der Waals surface area contributed by atoms with Gasteiger partial charge in [0.25, 0.3) is 5.91 Å². The van der Waals surface area contributed by atoms with Crippen molar-refractivity contribution in [2.24, 2.45) is 0 Å². The highest BCUT2D eigenvalue weighted by Crippen LogP contribution is 2.37. The molecule has 0 saturated carbocycles. The molecule has 0 atom stereocenters. The number of carbonyl (C=O) groups excluding carboxylic acids is 2. The molecule has 4 rings (SSSR count). The van der Waals surface area contributed by atoms with E-state index in [0.717, 1.165) is 39.5 Å². The van der Waals surface area contributed by atoms with Crippen LogP contribution in [0.3, 0.4) is 0 Å². The first kappa shape index (κ1) is 25.2. The molecule has 2 heterocycles. The van der Waals surface area contributed by atoms with Gasteiger partial charge in [-0.25, -0.2) is 4.79 Å². The SMILES string of the molecule is CCOC(=O)C1=C(C)N(c2ccc(C)c(C)c2)C(=O)/C1=C\c1cc(C)n(-c2cc(C)ccc2C)c1C. The van der Waals surface area contributed by atoms with Crippen LogP contribution in [0.5, 0.6) is 0 Å². The van der Waals surface area contributed by atoms with Gasteiger partial charge in [0.2, 0.25) is 0 Å². The largest absolute Gasteiger partial charge is 0.462 e. The number of anilines is 1. The molecule has 1 aliphatic heterocycles. The van der Waals surface area contributed by atoms with E-state index in [1.165, 1.54) is 11.1 Å². The van der Waals surface area contributed by atoms with Crippen molar-refractivity contribution in [3.05, 3.63) is 98.5 Å². The van der Waals surface area contributed by atoms with Crippen LogP contribution in [0, 0.1) is 41.5 Å². The van der Waals surface area contributed by atoms with Gasteiger partial charge in [-0.1, -0.05) is 18.2 Å². The van der Waals surface area contributed by atoms with E-state index in [1.54, 1.807) is 18.7 Å². The number of nitrogens with zero attached hydrogens (tertiary/aromatic N) is 2. The van der Waals surface area contributed by atoms with Gasteiger partial charge < -0.3 is 9.30 Å². The number of aryl methyl sites for hydroxylation is 5. The van der Waals surface area contributed by atoms with Crippen molar-refractivity contribution in [1.29, 1.82) is 0 Å². The number of hydrogen-bond donors (Lipinski definition) is 0. The van der Waals surface area contributed by atoms with Gasteiger partial charge in [-0.2, -0.15) is 0 Å². The average Bonchev–Trinajstić information content (AvgIpc) is 3.23. The van der Waals surface area contributed by atoms with Crippen LogP contribution < -0.4 is 4.90 Å². The standard InChI is InChI=1S/C31H34N2O3/c1-9-36-31(35)29-24(8)33(26-13-12-19(3)21(5)15-26)30(34)27(29)17-25-16-22(6)32(23(25)7)28-14-18(2)10-11-20(28)4/h10-17H,9H2,1-8H3/b27-17-. The average molecular weight is 483 g/mol. The fourth-order valence-corrected chi connectivity index (χ4v) is 4.88. The van der Waals surface area contributed by atoms with Crippen LogP contribution in [0.1, 0.15) is 53.1 Å². The minimum absolute atomic E-state index is 0.227. The zero-order valence-electron chi connectivity index (χ0n) is 22.4. The van der Waals surface area contributed by atoms with E-state index >= 15 is 0 Å². The molecule has 1 aliphatic rings. The molecule has 186 valence electrons. The van der Waals surface area contributed by atoms with Crippen LogP contribution in [0.25, 0.3) is 11.8 Å². The Morgan fingerprint density at radius 1 is 0.889 bits per heavy atom. The number of benzene rings is 2. The van der Waals surface area contributed by atoms with Crippen molar-refractivity contribution in [3.8, 4) is 5.69 Å². The molecule has 0 radical (unpaired) electrons. The smallest absolute Gasteiger partial charge is 0.340 e. The van der Waals surface area contributed by atoms with E-state index in [2.05, 4.69) is 49.6 Å². The molecule has 0 aliphatic carbocycles. The molecule has 2 aromatic carbocycles. The Kier molecular flexibility index (Phi) is 6.77. The third-order valence-electron chi connectivity index (χ3n) is 7.00. The van der Waals surface area contributed by atoms with Crippen LogP contribution in [0.15, 0.2) is 59.3 Å². The number of hydrogen-bond acceptors (Lipinski definition) is 3. The summed E-state index contributed by atoms with van der Waals surface area (Å²) in [4.78, 5) is 28.5. The van der Waals surface area contributed by atoms with Gasteiger partial charge in [0, 0.05) is 28.5 Å². The normalized spacial score (nSPS) is 14.8. The Balaban J connectivity index is 1.87. The third-order valence-corrected chi connectivity index (χ3v) is 7.00. The fraction of sp³-hybridized carbons (Fsp3) is 0.290. The van der Waals surface area contributed by atoms with Gasteiger partial charge in [-0.05, 0) is 114 Å². The molecule has 36 heavy (non-hydrogen) atoms. The first-order valence-corrected chi connectivity index (χ1v) is 12.3. The maximum absolute atomic E-state index is 13.8. The number of aromatic nitrogens is 1. The van der Waals surface area contributed by atoms with Crippen molar-refractivity contribution in [2.45, 2.75) is 55.4 Å². The van der Waals surface area contributed by atoms with E-state index < -0.39 is 5.97 Å². The molecule has 0 unspecified atom stereocenters. The lowest BCUT2D eigenvalue weighted by atomic mass is 10.0. The highest BCUT2D eigenvalue weighted by atomic mass is 16.5. The van der Waals surface area contributed by atoms with E-state index in [-0.39, 0.29) is 12.5 Å². The summed E-state index contributed by atoms with van der Waals surface area (Å²) in [6, 6.07) is 14.4. The quantitative estimate of drug-likeness (QED) is 0.304. The summed E-state index contributed by atoms with van der Waals surface area (Å²) in [7, 11) is 0. The van der Waals surface area contributed by atoms with Crippen LogP contribution in [0.4, 0.5) is 5.69 Å². The summed E-state index contributed by atoms with van der Waals surface area (Å²) >= 11 is 0. The molecule has 3 aromatic rings. The van der Waals surface area contributed by atoms with E-state index in [9.17, 15) is 9.59 Å². The fourth-order valence-electron chi connectivity index (χ4n) is 4.88. The number of amides is 1. The first-order valence-electron chi connectivity index (χ1n) is 12.3. The Morgan fingerprint density at radius 3 is 2.25 bits per heavy atom. The molecule has 5 heteroatoms. The number of carbonyl (C=O) groups is 2. The lowest BCUT2D eigenvalue weighted by molar-refractivity contribution is -0.138. The van der Waals surface area contributed by atoms with Gasteiger partial charge in [-0.3, -0.25) is 9.69 Å². The summed E-state index contributed by atoms with van der Waals surface area (Å²) in [5.74, 6) is -0.709. The summed E-state index contributed by atoms with van der Waals surface area (Å²) in [5, 5.41) is 0. The lowest BCUT2D eigenvalue weighted by Crippen LogP contribution is -2.24. The van der Waals surface area contributed by atoms with Crippen LogP contribution in [-0.2, 0) is 14.3 Å². The summed E-state index contributed by atoms with van der Waals surface area (Å²) in [6.45, 7) is 16.1. The summed E-state index contributed by atoms with van der Waals surface area (Å²) in [5.41, 5.74) is 10.6. The van der Waals surface area contributed by atoms with Gasteiger partial charge in [-0.15, -0.1) is 0 Å². The Morgan fingerprint density at radius 2 is 1.58 bits per heavy atom. The van der Waals surface area contributed by atoms with Crippen molar-refractivity contribution in [2.75, 3.05) is 11.5 Å². The maximum Gasteiger partial charge on any atom is 0.340 e. The molecule has 1 aromatic heterocycles. The van der Waals surface area contributed by atoms with Gasteiger partial charge in [0.1, 0.15) is 0 Å². The monoisotopic (exact) mass is 482 g/mol. The Labute approximate surface area is 213 Å². The molecule has 1 amide bonds. The Bertz CT molecular complexity index is 1450. The second kappa shape index (κ2) is 9.65. The summed E-state index contributed by atoms with van der Waals surface area (Å²) in [6.07, 6.45) is 1.84. The highest BCUT2D eigenvalue weighted by molar-refractivity contribution is 6.24. The minimum Gasteiger partial charge on any atom is -0.462 e. The topological polar surface area (TPSA) is 51.5 Å². The third kappa shape index (κ3) is 4.30. The van der Waals surface area contributed by atoms with Crippen LogP contribution in [0.2, 0.25) is 0 Å². The zero-order chi connectivity index (χ0) is 26.3. The molecule has 0 bridgehead atoms. The molecule has 5 nitrogen and oxygen atoms in total. The predicted octanol–water partition coefficient (Wildman–Crippen LogP) is 6.60. The van der Waals surface area contributed by atoms with Gasteiger partial charge in [0.15, 0.2) is 0 Å². The molecule has 0 spiro atoms. The molecule has 0 saturated heterocycles. The maximum atomic E-state index is 13.8.